The van der Waals surface area contributed by atoms with Gasteiger partial charge in [0, 0.05) is 11.7 Å². The van der Waals surface area contributed by atoms with Gasteiger partial charge in [-0.05, 0) is 39.7 Å². The number of ether oxygens (including phenoxy) is 2. The average Bonchev–Trinajstić information content (AvgIpc) is 2.80. The first-order valence-electron chi connectivity index (χ1n) is 7.64. The van der Waals surface area contributed by atoms with E-state index in [9.17, 15) is 14.4 Å². The summed E-state index contributed by atoms with van der Waals surface area (Å²) in [6.45, 7) is 8.69. The predicted octanol–water partition coefficient (Wildman–Crippen LogP) is 1.88. The summed E-state index contributed by atoms with van der Waals surface area (Å²) in [6.07, 6.45) is 0.790. The molecule has 0 radical (unpaired) electrons. The maximum absolute atomic E-state index is 12.2. The molecule has 0 aliphatic carbocycles. The lowest BCUT2D eigenvalue weighted by Gasteiger charge is -2.11. The molecule has 1 aromatic heterocycles. The van der Waals surface area contributed by atoms with Crippen LogP contribution in [0, 0.1) is 13.8 Å². The van der Waals surface area contributed by atoms with Gasteiger partial charge in [0.05, 0.1) is 12.2 Å². The van der Waals surface area contributed by atoms with Crippen LogP contribution in [0.3, 0.4) is 0 Å². The number of aryl methyl sites for hydroxylation is 1. The van der Waals surface area contributed by atoms with Crippen LogP contribution in [0.2, 0.25) is 0 Å². The average molecular weight is 324 g/mol. The third-order valence-corrected chi connectivity index (χ3v) is 3.48. The molecule has 7 heteroatoms. The second kappa shape index (κ2) is 8.36. The number of hydrogen-bond donors (Lipinski definition) is 2. The molecule has 23 heavy (non-hydrogen) atoms. The van der Waals surface area contributed by atoms with Gasteiger partial charge in [-0.2, -0.15) is 0 Å². The topological polar surface area (TPSA) is 97.5 Å². The maximum atomic E-state index is 12.2. The van der Waals surface area contributed by atoms with E-state index in [1.807, 2.05) is 13.8 Å². The van der Waals surface area contributed by atoms with Gasteiger partial charge >= 0.3 is 11.9 Å². The fourth-order valence-corrected chi connectivity index (χ4v) is 2.09. The number of aromatic nitrogens is 1. The standard InChI is InChI=1S/C16H24N2O5/c1-6-9(3)17-12(19)8-23-15(20)13-10(4)14(18-11(13)5)16(21)22-7-2/h9,18H,6-8H2,1-5H3,(H,17,19)/t9-/m0/s1. The van der Waals surface area contributed by atoms with Crippen molar-refractivity contribution in [3.8, 4) is 0 Å². The molecule has 1 heterocycles. The molecule has 1 amide bonds. The zero-order chi connectivity index (χ0) is 17.6. The molecule has 7 nitrogen and oxygen atoms in total. The van der Waals surface area contributed by atoms with Crippen LogP contribution in [0.4, 0.5) is 0 Å². The van der Waals surface area contributed by atoms with Crippen molar-refractivity contribution < 1.29 is 23.9 Å². The number of carbonyl (C=O) groups is 3. The molecule has 0 bridgehead atoms. The van der Waals surface area contributed by atoms with Crippen molar-refractivity contribution in [2.45, 2.75) is 47.1 Å². The Morgan fingerprint density at radius 1 is 1.13 bits per heavy atom. The molecule has 1 rings (SSSR count). The lowest BCUT2D eigenvalue weighted by atomic mass is 10.1. The summed E-state index contributed by atoms with van der Waals surface area (Å²) in [5.74, 6) is -1.53. The molecule has 0 aliphatic heterocycles. The lowest BCUT2D eigenvalue weighted by Crippen LogP contribution is -2.35. The van der Waals surface area contributed by atoms with Crippen LogP contribution in [0.5, 0.6) is 0 Å². The first kappa shape index (κ1) is 18.7. The molecule has 1 atom stereocenters. The van der Waals surface area contributed by atoms with Crippen LogP contribution < -0.4 is 5.32 Å². The van der Waals surface area contributed by atoms with Gasteiger partial charge in [0.15, 0.2) is 6.61 Å². The molecule has 1 aromatic rings. The number of hydrogen-bond acceptors (Lipinski definition) is 5. The first-order chi connectivity index (χ1) is 10.8. The van der Waals surface area contributed by atoms with Gasteiger partial charge in [0.1, 0.15) is 5.69 Å². The molecule has 2 N–H and O–H groups in total. The van der Waals surface area contributed by atoms with E-state index >= 15 is 0 Å². The van der Waals surface area contributed by atoms with Gasteiger partial charge in [-0.25, -0.2) is 9.59 Å². The monoisotopic (exact) mass is 324 g/mol. The van der Waals surface area contributed by atoms with Crippen molar-refractivity contribution in [3.63, 3.8) is 0 Å². The van der Waals surface area contributed by atoms with Gasteiger partial charge in [0.25, 0.3) is 5.91 Å². The quantitative estimate of drug-likeness (QED) is 0.746. The van der Waals surface area contributed by atoms with Crippen LogP contribution in [-0.4, -0.2) is 42.1 Å². The molecule has 0 fully saturated rings. The van der Waals surface area contributed by atoms with Gasteiger partial charge < -0.3 is 19.8 Å². The highest BCUT2D eigenvalue weighted by Gasteiger charge is 2.24. The van der Waals surface area contributed by atoms with Crippen molar-refractivity contribution in [1.29, 1.82) is 0 Å². The highest BCUT2D eigenvalue weighted by atomic mass is 16.5. The number of nitrogens with one attached hydrogen (secondary N) is 2. The summed E-state index contributed by atoms with van der Waals surface area (Å²) in [5.41, 5.74) is 1.43. The predicted molar refractivity (Wildman–Crippen MR) is 84.4 cm³/mol. The summed E-state index contributed by atoms with van der Waals surface area (Å²) in [4.78, 5) is 38.4. The SMILES string of the molecule is CCOC(=O)c1[nH]c(C)c(C(=O)OCC(=O)N[C@@H](C)CC)c1C. The maximum Gasteiger partial charge on any atom is 0.355 e. The summed E-state index contributed by atoms with van der Waals surface area (Å²) in [6, 6.07) is 0.0207. The fraction of sp³-hybridized carbons (Fsp3) is 0.562. The van der Waals surface area contributed by atoms with Gasteiger partial charge in [0.2, 0.25) is 0 Å². The Balaban J connectivity index is 2.77. The summed E-state index contributed by atoms with van der Waals surface area (Å²) in [5, 5.41) is 2.71. The van der Waals surface area contributed by atoms with Gasteiger partial charge in [-0.15, -0.1) is 0 Å². The Morgan fingerprint density at radius 2 is 1.78 bits per heavy atom. The molecule has 0 unspecified atom stereocenters. The van der Waals surface area contributed by atoms with E-state index in [1.54, 1.807) is 20.8 Å². The molecular formula is C16H24N2O5. The van der Waals surface area contributed by atoms with E-state index in [0.29, 0.717) is 11.3 Å². The Bertz CT molecular complexity index is 592. The number of esters is 2. The summed E-state index contributed by atoms with van der Waals surface area (Å²) in [7, 11) is 0. The first-order valence-corrected chi connectivity index (χ1v) is 7.64. The van der Waals surface area contributed by atoms with E-state index < -0.39 is 11.9 Å². The lowest BCUT2D eigenvalue weighted by molar-refractivity contribution is -0.124. The van der Waals surface area contributed by atoms with E-state index in [0.717, 1.165) is 6.42 Å². The molecule has 0 saturated heterocycles. The highest BCUT2D eigenvalue weighted by molar-refractivity contribution is 5.99. The van der Waals surface area contributed by atoms with Crippen LogP contribution in [0.15, 0.2) is 0 Å². The second-order valence-electron chi connectivity index (χ2n) is 5.30. The highest BCUT2D eigenvalue weighted by Crippen LogP contribution is 2.19. The van der Waals surface area contributed by atoms with Crippen LogP contribution in [-0.2, 0) is 14.3 Å². The molecule has 0 spiro atoms. The van der Waals surface area contributed by atoms with E-state index in [1.165, 1.54) is 0 Å². The molecule has 0 aliphatic rings. The van der Waals surface area contributed by atoms with Crippen molar-refractivity contribution in [2.75, 3.05) is 13.2 Å². The third-order valence-electron chi connectivity index (χ3n) is 3.48. The van der Waals surface area contributed by atoms with Crippen molar-refractivity contribution >= 4 is 17.8 Å². The number of H-pyrrole nitrogens is 1. The van der Waals surface area contributed by atoms with E-state index in [-0.39, 0.29) is 36.4 Å². The summed E-state index contributed by atoms with van der Waals surface area (Å²) < 4.78 is 9.95. The van der Waals surface area contributed by atoms with Crippen LogP contribution >= 0.6 is 0 Å². The molecule has 0 saturated carbocycles. The Hall–Kier alpha value is -2.31. The van der Waals surface area contributed by atoms with Crippen molar-refractivity contribution in [2.24, 2.45) is 0 Å². The fourth-order valence-electron chi connectivity index (χ4n) is 2.09. The summed E-state index contributed by atoms with van der Waals surface area (Å²) >= 11 is 0. The minimum atomic E-state index is -0.647. The number of amides is 1. The normalized spacial score (nSPS) is 11.7. The largest absolute Gasteiger partial charge is 0.461 e. The zero-order valence-electron chi connectivity index (χ0n) is 14.2. The zero-order valence-corrected chi connectivity index (χ0v) is 14.2. The van der Waals surface area contributed by atoms with E-state index in [2.05, 4.69) is 10.3 Å². The second-order valence-corrected chi connectivity index (χ2v) is 5.30. The Labute approximate surface area is 135 Å². The third kappa shape index (κ3) is 4.84. The Morgan fingerprint density at radius 3 is 2.35 bits per heavy atom. The molecule has 0 aromatic carbocycles. The van der Waals surface area contributed by atoms with Gasteiger partial charge in [-0.1, -0.05) is 6.92 Å². The molecule has 128 valence electrons. The van der Waals surface area contributed by atoms with Gasteiger partial charge in [-0.3, -0.25) is 4.79 Å². The minimum absolute atomic E-state index is 0.0207. The molecular weight excluding hydrogens is 300 g/mol. The van der Waals surface area contributed by atoms with Crippen molar-refractivity contribution in [1.82, 2.24) is 10.3 Å². The number of carbonyl (C=O) groups excluding carboxylic acids is 3. The van der Waals surface area contributed by atoms with Crippen molar-refractivity contribution in [3.05, 3.63) is 22.5 Å². The minimum Gasteiger partial charge on any atom is -0.461 e. The number of aromatic amines is 1. The van der Waals surface area contributed by atoms with Crippen LogP contribution in [0.25, 0.3) is 0 Å². The van der Waals surface area contributed by atoms with Crippen LogP contribution in [0.1, 0.15) is 59.3 Å². The van der Waals surface area contributed by atoms with E-state index in [4.69, 9.17) is 9.47 Å². The smallest absolute Gasteiger partial charge is 0.355 e. The Kier molecular flexibility index (Phi) is 6.81. The number of rotatable bonds is 7.